The van der Waals surface area contributed by atoms with Crippen LogP contribution in [0.1, 0.15) is 24.0 Å². The minimum absolute atomic E-state index is 0.0168. The van der Waals surface area contributed by atoms with Crippen LogP contribution in [0.4, 0.5) is 5.69 Å². The molecule has 3 aliphatic rings. The fourth-order valence-corrected chi connectivity index (χ4v) is 4.83. The van der Waals surface area contributed by atoms with Crippen LogP contribution in [0.25, 0.3) is 6.08 Å². The third-order valence-corrected chi connectivity index (χ3v) is 6.45. The monoisotopic (exact) mass is 445 g/mol. The summed E-state index contributed by atoms with van der Waals surface area (Å²) in [6.07, 6.45) is 7.14. The third-order valence-electron chi connectivity index (χ3n) is 5.51. The Hall–Kier alpha value is -3.15. The largest absolute Gasteiger partial charge is 0.506 e. The molecule has 1 aromatic rings. The number of aromatic hydroxyl groups is 1. The van der Waals surface area contributed by atoms with E-state index in [-0.39, 0.29) is 29.0 Å². The second-order valence-corrected chi connectivity index (χ2v) is 8.84. The number of allylic oxidation sites excluding steroid dienone is 2. The number of aliphatic hydroxyl groups excluding tert-OH is 1. The molecule has 3 atom stereocenters. The summed E-state index contributed by atoms with van der Waals surface area (Å²) in [6.45, 7) is 0. The molecule has 31 heavy (non-hydrogen) atoms. The Morgan fingerprint density at radius 3 is 2.71 bits per heavy atom. The van der Waals surface area contributed by atoms with E-state index in [9.17, 15) is 33.3 Å². The van der Waals surface area contributed by atoms with E-state index in [2.05, 4.69) is 10.2 Å². The summed E-state index contributed by atoms with van der Waals surface area (Å²) in [7, 11) is -4.72. The minimum atomic E-state index is -4.72. The van der Waals surface area contributed by atoms with Crippen LogP contribution in [0, 0.1) is 10.1 Å². The van der Waals surface area contributed by atoms with Crippen molar-refractivity contribution in [2.45, 2.75) is 37.5 Å². The van der Waals surface area contributed by atoms with Gasteiger partial charge in [0, 0.05) is 11.3 Å². The van der Waals surface area contributed by atoms with Gasteiger partial charge in [-0.25, -0.2) is 0 Å². The molecule has 4 rings (SSSR count). The van der Waals surface area contributed by atoms with Crippen LogP contribution in [0.15, 0.2) is 62.7 Å². The van der Waals surface area contributed by atoms with E-state index >= 15 is 0 Å². The van der Waals surface area contributed by atoms with E-state index in [0.717, 1.165) is 23.6 Å². The van der Waals surface area contributed by atoms with Gasteiger partial charge in [0.25, 0.3) is 10.1 Å². The van der Waals surface area contributed by atoms with Crippen LogP contribution in [0.2, 0.25) is 0 Å². The van der Waals surface area contributed by atoms with E-state index in [1.165, 1.54) is 18.2 Å². The molecular formula is C20H19N3O7S. The average Bonchev–Trinajstić information content (AvgIpc) is 2.72. The maximum absolute atomic E-state index is 11.8. The predicted molar refractivity (Wildman–Crippen MR) is 111 cm³/mol. The van der Waals surface area contributed by atoms with Gasteiger partial charge in [-0.05, 0) is 53.3 Å². The summed E-state index contributed by atoms with van der Waals surface area (Å²) in [6, 6.07) is 1.02. The normalized spacial score (nSPS) is 25.4. The van der Waals surface area contributed by atoms with E-state index in [4.69, 9.17) is 0 Å². The van der Waals surface area contributed by atoms with Crippen molar-refractivity contribution in [2.24, 2.45) is 10.2 Å². The van der Waals surface area contributed by atoms with Crippen LogP contribution >= 0.6 is 0 Å². The standard InChI is InChI=1S/C20H19N3O7S/c24-16-8-5-11-3-1-2-4-13(11)19(16)21-22-20-14-7-6-12(23(26)27)9-15(14)18(10-17(20)25)31(28,29)30/h1,3,5-8,10,12,17,20,24-25H,2,4,9H2,(H,28,29,30). The van der Waals surface area contributed by atoms with Crippen LogP contribution < -0.4 is 0 Å². The minimum Gasteiger partial charge on any atom is -0.506 e. The van der Waals surface area contributed by atoms with Crippen molar-refractivity contribution in [1.29, 1.82) is 0 Å². The van der Waals surface area contributed by atoms with Gasteiger partial charge in [-0.3, -0.25) is 14.7 Å². The first kappa shape index (κ1) is 21.1. The molecule has 0 aliphatic heterocycles. The van der Waals surface area contributed by atoms with Crippen molar-refractivity contribution < 1.29 is 28.1 Å². The van der Waals surface area contributed by atoms with Gasteiger partial charge >= 0.3 is 0 Å². The smallest absolute Gasteiger partial charge is 0.294 e. The Labute approximate surface area is 177 Å². The Bertz CT molecular complexity index is 1210. The first-order valence-electron chi connectivity index (χ1n) is 9.51. The SMILES string of the molecule is O=[N+]([O-])C1C=CC2=C(C1)C(S(=O)(=O)O)=CC(O)C2N=Nc1c(O)ccc2c1CCC=C2. The first-order valence-corrected chi connectivity index (χ1v) is 11.0. The molecule has 162 valence electrons. The third kappa shape index (κ3) is 3.94. The highest BCUT2D eigenvalue weighted by Gasteiger charge is 2.39. The lowest BCUT2D eigenvalue weighted by Crippen LogP contribution is -2.34. The molecule has 3 N–H and O–H groups in total. The molecule has 0 aromatic heterocycles. The maximum atomic E-state index is 11.8. The summed E-state index contributed by atoms with van der Waals surface area (Å²) >= 11 is 0. The van der Waals surface area contributed by atoms with Crippen molar-refractivity contribution in [2.75, 3.05) is 0 Å². The van der Waals surface area contributed by atoms with Gasteiger partial charge in [0.2, 0.25) is 6.04 Å². The molecule has 1 aromatic carbocycles. The quantitative estimate of drug-likeness (QED) is 0.278. The molecular weight excluding hydrogens is 426 g/mol. The Morgan fingerprint density at radius 2 is 2.00 bits per heavy atom. The van der Waals surface area contributed by atoms with Crippen molar-refractivity contribution in [3.05, 3.63) is 73.7 Å². The number of azo groups is 1. The van der Waals surface area contributed by atoms with Crippen LogP contribution in [0.5, 0.6) is 5.75 Å². The van der Waals surface area contributed by atoms with E-state index in [1.54, 1.807) is 6.07 Å². The van der Waals surface area contributed by atoms with E-state index < -0.39 is 38.1 Å². The number of phenolic OH excluding ortho intramolecular Hbond substituents is 1. The van der Waals surface area contributed by atoms with Crippen LogP contribution in [0.3, 0.4) is 0 Å². The number of nitro groups is 1. The summed E-state index contributed by atoms with van der Waals surface area (Å²) < 4.78 is 33.2. The average molecular weight is 445 g/mol. The topological polar surface area (TPSA) is 163 Å². The summed E-state index contributed by atoms with van der Waals surface area (Å²) in [5.74, 6) is -0.0842. The Morgan fingerprint density at radius 1 is 1.23 bits per heavy atom. The van der Waals surface area contributed by atoms with Crippen LogP contribution in [-0.2, 0) is 16.5 Å². The molecule has 0 spiro atoms. The highest BCUT2D eigenvalue weighted by molar-refractivity contribution is 7.90. The van der Waals surface area contributed by atoms with Crippen molar-refractivity contribution in [3.63, 3.8) is 0 Å². The molecule has 0 saturated heterocycles. The molecule has 0 heterocycles. The molecule has 0 fully saturated rings. The highest BCUT2D eigenvalue weighted by Crippen LogP contribution is 2.40. The number of benzene rings is 1. The predicted octanol–water partition coefficient (Wildman–Crippen LogP) is 2.85. The fourth-order valence-electron chi connectivity index (χ4n) is 4.01. The number of rotatable bonds is 4. The van der Waals surface area contributed by atoms with Crippen molar-refractivity contribution in [3.8, 4) is 5.75 Å². The van der Waals surface area contributed by atoms with Gasteiger partial charge < -0.3 is 10.2 Å². The molecule has 11 heteroatoms. The molecule has 0 radical (unpaired) electrons. The number of fused-ring (bicyclic) bond motifs is 1. The first-order chi connectivity index (χ1) is 14.7. The second kappa shape index (κ2) is 7.84. The number of aliphatic hydroxyl groups is 1. The molecule has 10 nitrogen and oxygen atoms in total. The molecule has 0 saturated carbocycles. The van der Waals surface area contributed by atoms with Gasteiger partial charge in [-0.2, -0.15) is 18.6 Å². The van der Waals surface area contributed by atoms with Gasteiger partial charge in [-0.1, -0.05) is 24.3 Å². The zero-order chi connectivity index (χ0) is 22.3. The Kier molecular flexibility index (Phi) is 5.33. The second-order valence-electron chi connectivity index (χ2n) is 7.45. The number of hydrogen-bond acceptors (Lipinski definition) is 8. The lowest BCUT2D eigenvalue weighted by atomic mass is 9.84. The van der Waals surface area contributed by atoms with E-state index in [1.807, 2.05) is 12.2 Å². The van der Waals surface area contributed by atoms with E-state index in [0.29, 0.717) is 6.42 Å². The molecule has 3 unspecified atom stereocenters. The number of nitrogens with zero attached hydrogens (tertiary/aromatic N) is 3. The Balaban J connectivity index is 1.77. The van der Waals surface area contributed by atoms with Gasteiger partial charge in [0.15, 0.2) is 0 Å². The lowest BCUT2D eigenvalue weighted by Gasteiger charge is -2.29. The zero-order valence-electron chi connectivity index (χ0n) is 16.1. The zero-order valence-corrected chi connectivity index (χ0v) is 16.9. The van der Waals surface area contributed by atoms with Crippen LogP contribution in [-0.4, -0.2) is 46.3 Å². The fraction of sp³-hybridized carbons (Fsp3) is 0.300. The number of phenols is 1. The maximum Gasteiger partial charge on any atom is 0.294 e. The summed E-state index contributed by atoms with van der Waals surface area (Å²) in [5, 5.41) is 40.3. The summed E-state index contributed by atoms with van der Waals surface area (Å²) in [5.41, 5.74) is 2.18. The molecule has 0 amide bonds. The lowest BCUT2D eigenvalue weighted by molar-refractivity contribution is -0.508. The van der Waals surface area contributed by atoms with Gasteiger partial charge in [0.05, 0.1) is 4.91 Å². The highest BCUT2D eigenvalue weighted by atomic mass is 32.2. The molecule has 0 bridgehead atoms. The van der Waals surface area contributed by atoms with Gasteiger partial charge in [-0.15, -0.1) is 0 Å². The van der Waals surface area contributed by atoms with Gasteiger partial charge in [0.1, 0.15) is 23.6 Å². The van der Waals surface area contributed by atoms with Crippen molar-refractivity contribution >= 4 is 21.9 Å². The van der Waals surface area contributed by atoms with Crippen molar-refractivity contribution in [1.82, 2.24) is 0 Å². The molecule has 3 aliphatic carbocycles. The summed E-state index contributed by atoms with van der Waals surface area (Å²) in [4.78, 5) is 10.1. The number of hydrogen-bond donors (Lipinski definition) is 3.